The molecule has 1 heterocycles. The van der Waals surface area contributed by atoms with Gasteiger partial charge in [0.1, 0.15) is 5.75 Å². The van der Waals surface area contributed by atoms with Crippen LogP contribution in [0.5, 0.6) is 5.75 Å². The molecule has 1 N–H and O–H groups in total. The molecule has 0 radical (unpaired) electrons. The number of benzene rings is 2. The van der Waals surface area contributed by atoms with Crippen molar-refractivity contribution in [3.05, 3.63) is 65.2 Å². The van der Waals surface area contributed by atoms with Gasteiger partial charge in [-0.25, -0.2) is 0 Å². The zero-order chi connectivity index (χ0) is 20.6. The van der Waals surface area contributed by atoms with E-state index in [-0.39, 0.29) is 5.91 Å². The summed E-state index contributed by atoms with van der Waals surface area (Å²) in [7, 11) is 5.45. The highest BCUT2D eigenvalue weighted by atomic mass is 16.5. The van der Waals surface area contributed by atoms with Gasteiger partial charge in [-0.05, 0) is 23.6 Å². The molecular formula is C23H30N4O2. The average molecular weight is 395 g/mol. The van der Waals surface area contributed by atoms with Gasteiger partial charge in [0.25, 0.3) is 0 Å². The Morgan fingerprint density at radius 2 is 1.79 bits per heavy atom. The number of carbonyl (C=O) groups excluding carboxylic acids is 1. The molecule has 0 fully saturated rings. The van der Waals surface area contributed by atoms with Crippen LogP contribution in [0.2, 0.25) is 0 Å². The molecule has 0 unspecified atom stereocenters. The number of nitrogens with one attached hydrogen (secondary N) is 1. The molecule has 6 nitrogen and oxygen atoms in total. The molecule has 0 aliphatic carbocycles. The number of rotatable bonds is 7. The van der Waals surface area contributed by atoms with Gasteiger partial charge in [-0.1, -0.05) is 42.5 Å². The number of guanidine groups is 1. The van der Waals surface area contributed by atoms with Gasteiger partial charge >= 0.3 is 0 Å². The fourth-order valence-corrected chi connectivity index (χ4v) is 3.66. The van der Waals surface area contributed by atoms with E-state index in [1.165, 1.54) is 11.1 Å². The number of hydrogen-bond acceptors (Lipinski definition) is 3. The van der Waals surface area contributed by atoms with Crippen molar-refractivity contribution in [2.75, 3.05) is 27.7 Å². The molecule has 0 saturated carbocycles. The van der Waals surface area contributed by atoms with Crippen LogP contribution in [0, 0.1) is 0 Å². The Bertz CT molecular complexity index is 840. The zero-order valence-electron chi connectivity index (χ0n) is 17.5. The van der Waals surface area contributed by atoms with Crippen LogP contribution in [-0.2, 0) is 24.4 Å². The summed E-state index contributed by atoms with van der Waals surface area (Å²) in [6, 6.07) is 16.2. The van der Waals surface area contributed by atoms with E-state index < -0.39 is 0 Å². The topological polar surface area (TPSA) is 57.2 Å². The minimum atomic E-state index is 0.209. The summed E-state index contributed by atoms with van der Waals surface area (Å²) in [4.78, 5) is 20.9. The molecule has 0 saturated heterocycles. The predicted molar refractivity (Wildman–Crippen MR) is 116 cm³/mol. The molecule has 1 aliphatic rings. The molecule has 29 heavy (non-hydrogen) atoms. The summed E-state index contributed by atoms with van der Waals surface area (Å²) in [6.07, 6.45) is 1.31. The Labute approximate surface area is 173 Å². The smallest absolute Gasteiger partial charge is 0.223 e. The average Bonchev–Trinajstić information content (AvgIpc) is 3.18. The van der Waals surface area contributed by atoms with Gasteiger partial charge < -0.3 is 19.9 Å². The quantitative estimate of drug-likeness (QED) is 0.446. The highest BCUT2D eigenvalue weighted by Gasteiger charge is 2.22. The second kappa shape index (κ2) is 9.96. The molecule has 1 aliphatic heterocycles. The molecule has 0 spiro atoms. The van der Waals surface area contributed by atoms with Gasteiger partial charge in [-0.3, -0.25) is 9.79 Å². The number of hydrogen-bond donors (Lipinski definition) is 1. The summed E-state index contributed by atoms with van der Waals surface area (Å²) >= 11 is 0. The van der Waals surface area contributed by atoms with Gasteiger partial charge in [-0.2, -0.15) is 0 Å². The van der Waals surface area contributed by atoms with E-state index in [9.17, 15) is 4.79 Å². The first-order chi connectivity index (χ1) is 14.1. The fraction of sp³-hybridized carbons (Fsp3) is 0.391. The zero-order valence-corrected chi connectivity index (χ0v) is 17.5. The number of aliphatic imine (C=N–C) groups is 1. The first-order valence-electron chi connectivity index (χ1n) is 10.0. The van der Waals surface area contributed by atoms with Crippen LogP contribution in [0.4, 0.5) is 0 Å². The normalized spacial score (nSPS) is 13.2. The highest BCUT2D eigenvalue weighted by Crippen LogP contribution is 2.23. The third-order valence-corrected chi connectivity index (χ3v) is 5.22. The Morgan fingerprint density at radius 1 is 1.14 bits per heavy atom. The number of para-hydroxylation sites is 1. The second-order valence-corrected chi connectivity index (χ2v) is 7.26. The van der Waals surface area contributed by atoms with Crippen LogP contribution in [0.25, 0.3) is 0 Å². The molecule has 0 atom stereocenters. The lowest BCUT2D eigenvalue weighted by Crippen LogP contribution is -2.39. The summed E-state index contributed by atoms with van der Waals surface area (Å²) in [6.45, 7) is 2.85. The maximum atomic E-state index is 12.5. The Hall–Kier alpha value is -3.02. The van der Waals surface area contributed by atoms with Crippen LogP contribution >= 0.6 is 0 Å². The number of ether oxygens (including phenoxy) is 1. The second-order valence-electron chi connectivity index (χ2n) is 7.26. The lowest BCUT2D eigenvalue weighted by Gasteiger charge is -2.23. The first-order valence-corrected chi connectivity index (χ1v) is 10.0. The number of amides is 1. The largest absolute Gasteiger partial charge is 0.496 e. The molecule has 1 amide bonds. The third kappa shape index (κ3) is 5.28. The monoisotopic (exact) mass is 394 g/mol. The van der Waals surface area contributed by atoms with Crippen LogP contribution < -0.4 is 10.1 Å². The number of methoxy groups -OCH3 is 1. The van der Waals surface area contributed by atoms with E-state index >= 15 is 0 Å². The Morgan fingerprint density at radius 3 is 2.45 bits per heavy atom. The SMILES string of the molecule is CN=C(NCCCC(=O)N1Cc2ccccc2C1)N(C)Cc1ccccc1OC. The lowest BCUT2D eigenvalue weighted by molar-refractivity contribution is -0.131. The van der Waals surface area contributed by atoms with Crippen molar-refractivity contribution in [1.29, 1.82) is 0 Å². The summed E-state index contributed by atoms with van der Waals surface area (Å²) in [5.74, 6) is 1.88. The molecular weight excluding hydrogens is 364 g/mol. The standard InChI is InChI=1S/C23H30N4O2/c1-24-23(26(2)15-20-11-6-7-12-21(20)29-3)25-14-8-13-22(28)27-16-18-9-4-5-10-19(18)17-27/h4-7,9-12H,8,13-17H2,1-3H3,(H,24,25). The van der Waals surface area contributed by atoms with Crippen molar-refractivity contribution >= 4 is 11.9 Å². The maximum Gasteiger partial charge on any atom is 0.223 e. The molecule has 6 heteroatoms. The first kappa shape index (κ1) is 20.7. The molecule has 0 aromatic heterocycles. The van der Waals surface area contributed by atoms with Crippen molar-refractivity contribution in [2.45, 2.75) is 32.5 Å². The van der Waals surface area contributed by atoms with E-state index in [1.807, 2.05) is 42.3 Å². The van der Waals surface area contributed by atoms with Crippen LogP contribution in [0.15, 0.2) is 53.5 Å². The highest BCUT2D eigenvalue weighted by molar-refractivity contribution is 5.80. The molecule has 154 valence electrons. The minimum Gasteiger partial charge on any atom is -0.496 e. The van der Waals surface area contributed by atoms with E-state index in [2.05, 4.69) is 33.4 Å². The van der Waals surface area contributed by atoms with E-state index in [4.69, 9.17) is 4.74 Å². The van der Waals surface area contributed by atoms with Crippen molar-refractivity contribution < 1.29 is 9.53 Å². The minimum absolute atomic E-state index is 0.209. The summed E-state index contributed by atoms with van der Waals surface area (Å²) in [5, 5.41) is 3.35. The fourth-order valence-electron chi connectivity index (χ4n) is 3.66. The van der Waals surface area contributed by atoms with Crippen molar-refractivity contribution in [1.82, 2.24) is 15.1 Å². The van der Waals surface area contributed by atoms with Crippen molar-refractivity contribution in [2.24, 2.45) is 4.99 Å². The Balaban J connectivity index is 1.42. The molecule has 0 bridgehead atoms. The van der Waals surface area contributed by atoms with Crippen LogP contribution in [-0.4, -0.2) is 49.4 Å². The van der Waals surface area contributed by atoms with Gasteiger partial charge in [-0.15, -0.1) is 0 Å². The molecule has 3 rings (SSSR count). The van der Waals surface area contributed by atoms with Crippen LogP contribution in [0.1, 0.15) is 29.5 Å². The van der Waals surface area contributed by atoms with Gasteiger partial charge in [0.15, 0.2) is 5.96 Å². The third-order valence-electron chi connectivity index (χ3n) is 5.22. The maximum absolute atomic E-state index is 12.5. The number of fused-ring (bicyclic) bond motifs is 1. The lowest BCUT2D eigenvalue weighted by atomic mass is 10.1. The van der Waals surface area contributed by atoms with Crippen molar-refractivity contribution in [3.63, 3.8) is 0 Å². The number of nitrogens with zero attached hydrogens (tertiary/aromatic N) is 3. The Kier molecular flexibility index (Phi) is 7.11. The van der Waals surface area contributed by atoms with Gasteiger partial charge in [0.05, 0.1) is 7.11 Å². The van der Waals surface area contributed by atoms with E-state index in [0.717, 1.165) is 36.8 Å². The van der Waals surface area contributed by atoms with E-state index in [1.54, 1.807) is 14.2 Å². The van der Waals surface area contributed by atoms with Gasteiger partial charge in [0, 0.05) is 52.3 Å². The molecule has 2 aromatic rings. The van der Waals surface area contributed by atoms with Crippen molar-refractivity contribution in [3.8, 4) is 5.75 Å². The van der Waals surface area contributed by atoms with Gasteiger partial charge in [0.2, 0.25) is 5.91 Å². The summed E-state index contributed by atoms with van der Waals surface area (Å²) < 4.78 is 5.43. The van der Waals surface area contributed by atoms with Crippen LogP contribution in [0.3, 0.4) is 0 Å². The molecule has 2 aromatic carbocycles. The van der Waals surface area contributed by atoms with E-state index in [0.29, 0.717) is 19.5 Å². The summed E-state index contributed by atoms with van der Waals surface area (Å²) in [5.41, 5.74) is 3.62. The number of carbonyl (C=O) groups is 1. The predicted octanol–water partition coefficient (Wildman–Crippen LogP) is 3.03.